The van der Waals surface area contributed by atoms with E-state index in [1.165, 1.54) is 105 Å². The summed E-state index contributed by atoms with van der Waals surface area (Å²) in [6.07, 6.45) is 0. The van der Waals surface area contributed by atoms with Gasteiger partial charge in [-0.1, -0.05) is 176 Å². The molecule has 0 N–H and O–H groups in total. The first-order valence-electron chi connectivity index (χ1n) is 20.0. The van der Waals surface area contributed by atoms with E-state index in [0.717, 1.165) is 0 Å². The fraction of sp³-hybridized carbons (Fsp3) is 0.0357. The molecule has 0 amide bonds. The van der Waals surface area contributed by atoms with Gasteiger partial charge in [-0.05, 0) is 114 Å². The maximum absolute atomic E-state index is 2.45. The van der Waals surface area contributed by atoms with Crippen molar-refractivity contribution in [2.24, 2.45) is 0 Å². The summed E-state index contributed by atoms with van der Waals surface area (Å²) in [5.41, 5.74) is 22.1. The van der Waals surface area contributed by atoms with Crippen molar-refractivity contribution >= 4 is 21.8 Å². The van der Waals surface area contributed by atoms with Crippen LogP contribution >= 0.6 is 0 Å². The Balaban J connectivity index is 0.967. The topological polar surface area (TPSA) is 4.93 Å². The lowest BCUT2D eigenvalue weighted by Crippen LogP contribution is -2.02. The van der Waals surface area contributed by atoms with E-state index in [2.05, 4.69) is 217 Å². The first-order valence-corrected chi connectivity index (χ1v) is 20.0. The van der Waals surface area contributed by atoms with Gasteiger partial charge < -0.3 is 4.57 Å². The number of nitrogens with zero attached hydrogens (tertiary/aromatic N) is 1. The first kappa shape index (κ1) is 32.1. The molecule has 10 aromatic rings. The summed E-state index contributed by atoms with van der Waals surface area (Å²) < 4.78 is 2.41. The first-order chi connectivity index (χ1) is 28.3. The summed E-state index contributed by atoms with van der Waals surface area (Å²) >= 11 is 0. The fourth-order valence-electron chi connectivity index (χ4n) is 10.1. The van der Waals surface area contributed by atoms with Crippen molar-refractivity contribution in [1.82, 2.24) is 4.57 Å². The van der Waals surface area contributed by atoms with E-state index in [1.54, 1.807) is 0 Å². The zero-order valence-corrected chi connectivity index (χ0v) is 31.3. The van der Waals surface area contributed by atoms with Gasteiger partial charge in [0.2, 0.25) is 0 Å². The molecule has 0 bridgehead atoms. The Kier molecular flexibility index (Phi) is 7.12. The van der Waals surface area contributed by atoms with Gasteiger partial charge in [0.1, 0.15) is 0 Å². The molecule has 9 aromatic carbocycles. The normalized spacial score (nSPS) is 15.0. The van der Waals surface area contributed by atoms with Crippen LogP contribution in [0.4, 0.5) is 0 Å². The number of benzene rings is 9. The van der Waals surface area contributed by atoms with Gasteiger partial charge in [0.15, 0.2) is 0 Å². The third-order valence-electron chi connectivity index (χ3n) is 12.6. The highest BCUT2D eigenvalue weighted by molar-refractivity contribution is 6.09. The molecule has 0 saturated carbocycles. The Bertz CT molecular complexity index is 3150. The summed E-state index contributed by atoms with van der Waals surface area (Å²) in [6, 6.07) is 78.9. The molecular weight excluding hydrogens is 687 g/mol. The van der Waals surface area contributed by atoms with Crippen molar-refractivity contribution in [1.29, 1.82) is 0 Å². The summed E-state index contributed by atoms with van der Waals surface area (Å²) in [7, 11) is 0. The number of hydrogen-bond donors (Lipinski definition) is 0. The smallest absolute Gasteiger partial charge is 0.0541 e. The zero-order chi connectivity index (χ0) is 37.5. The van der Waals surface area contributed by atoms with Gasteiger partial charge in [-0.15, -0.1) is 0 Å². The van der Waals surface area contributed by atoms with Crippen LogP contribution in [0.15, 0.2) is 212 Å². The van der Waals surface area contributed by atoms with Crippen molar-refractivity contribution in [2.75, 3.05) is 0 Å². The van der Waals surface area contributed by atoms with Crippen LogP contribution < -0.4 is 0 Å². The van der Waals surface area contributed by atoms with E-state index in [9.17, 15) is 0 Å². The minimum absolute atomic E-state index is 0.128. The molecule has 2 unspecified atom stereocenters. The molecule has 57 heavy (non-hydrogen) atoms. The lowest BCUT2D eigenvalue weighted by molar-refractivity contribution is 1.01. The van der Waals surface area contributed by atoms with Crippen molar-refractivity contribution < 1.29 is 0 Å². The Morgan fingerprint density at radius 2 is 0.754 bits per heavy atom. The zero-order valence-electron chi connectivity index (χ0n) is 31.3. The van der Waals surface area contributed by atoms with Crippen LogP contribution in [0.1, 0.15) is 45.2 Å². The van der Waals surface area contributed by atoms with Gasteiger partial charge in [0.05, 0.1) is 11.0 Å². The summed E-state index contributed by atoms with van der Waals surface area (Å²) in [5.74, 6) is 0.370. The van der Waals surface area contributed by atoms with Crippen LogP contribution in [-0.4, -0.2) is 4.57 Å². The average molecular weight is 724 g/mol. The van der Waals surface area contributed by atoms with E-state index < -0.39 is 0 Å². The molecule has 2 aliphatic rings. The fourth-order valence-corrected chi connectivity index (χ4v) is 10.1. The number of rotatable bonds is 5. The van der Waals surface area contributed by atoms with Crippen molar-refractivity contribution in [3.63, 3.8) is 0 Å². The Morgan fingerprint density at radius 3 is 1.44 bits per heavy atom. The van der Waals surface area contributed by atoms with Crippen molar-refractivity contribution in [3.8, 4) is 50.2 Å². The SMILES string of the molecule is c1ccc(C2c3ccccc3-c3cc(-c4ccccc4C4c5ccccc5-c5cc(-c6cccc(-n7c8ccccc8c8ccccc87)c6)ccc54)ccc32)cc1. The van der Waals surface area contributed by atoms with Crippen LogP contribution in [0.3, 0.4) is 0 Å². The van der Waals surface area contributed by atoms with Gasteiger partial charge in [0.25, 0.3) is 0 Å². The predicted octanol–water partition coefficient (Wildman–Crippen LogP) is 14.4. The molecule has 0 aliphatic heterocycles. The molecule has 2 aliphatic carbocycles. The molecule has 0 radical (unpaired) electrons. The van der Waals surface area contributed by atoms with Crippen LogP contribution in [0, 0.1) is 0 Å². The summed E-state index contributed by atoms with van der Waals surface area (Å²) in [5, 5.41) is 2.56. The van der Waals surface area contributed by atoms with Gasteiger partial charge in [-0.3, -0.25) is 0 Å². The lowest BCUT2D eigenvalue weighted by atomic mass is 9.83. The Hall–Kier alpha value is -7.22. The summed E-state index contributed by atoms with van der Waals surface area (Å²) in [6.45, 7) is 0. The second kappa shape index (κ2) is 12.7. The highest BCUT2D eigenvalue weighted by atomic mass is 15.0. The molecule has 0 saturated heterocycles. The van der Waals surface area contributed by atoms with Gasteiger partial charge >= 0.3 is 0 Å². The highest BCUT2D eigenvalue weighted by Crippen LogP contribution is 2.53. The molecule has 1 aromatic heterocycles. The third-order valence-corrected chi connectivity index (χ3v) is 12.6. The minimum atomic E-state index is 0.128. The quantitative estimate of drug-likeness (QED) is 0.167. The average Bonchev–Trinajstić information content (AvgIpc) is 3.92. The highest BCUT2D eigenvalue weighted by Gasteiger charge is 2.33. The lowest BCUT2D eigenvalue weighted by Gasteiger charge is -2.20. The van der Waals surface area contributed by atoms with Crippen LogP contribution in [0.5, 0.6) is 0 Å². The molecule has 12 rings (SSSR count). The second-order valence-corrected chi connectivity index (χ2v) is 15.6. The number of hydrogen-bond acceptors (Lipinski definition) is 0. The standard InChI is InChI=1S/C56H37N/c1-2-15-36(16-3-1)55-47-25-8-5-20-42(47)52-35-39(30-32-49(52)55)41-19-4-7-24-46(41)56-48-26-9-6-21-43(48)51-34-38(29-31-50(51)56)37-17-14-18-40(33-37)57-53-27-12-10-22-44(53)45-23-11-13-28-54(45)57/h1-35,55-56H. The third kappa shape index (κ3) is 4.89. The molecule has 1 heteroatoms. The molecule has 1 nitrogen and oxygen atoms in total. The van der Waals surface area contributed by atoms with E-state index in [4.69, 9.17) is 0 Å². The van der Waals surface area contributed by atoms with Crippen LogP contribution in [-0.2, 0) is 0 Å². The number of aromatic nitrogens is 1. The van der Waals surface area contributed by atoms with Crippen molar-refractivity contribution in [2.45, 2.75) is 11.8 Å². The van der Waals surface area contributed by atoms with Gasteiger partial charge in [-0.25, -0.2) is 0 Å². The number of fused-ring (bicyclic) bond motifs is 9. The van der Waals surface area contributed by atoms with Crippen LogP contribution in [0.25, 0.3) is 72.0 Å². The van der Waals surface area contributed by atoms with E-state index in [-0.39, 0.29) is 11.8 Å². The van der Waals surface area contributed by atoms with Crippen LogP contribution in [0.2, 0.25) is 0 Å². The van der Waals surface area contributed by atoms with E-state index >= 15 is 0 Å². The largest absolute Gasteiger partial charge is 0.309 e. The monoisotopic (exact) mass is 723 g/mol. The molecule has 0 fully saturated rings. The Morgan fingerprint density at radius 1 is 0.281 bits per heavy atom. The molecule has 0 spiro atoms. The molecule has 1 heterocycles. The minimum Gasteiger partial charge on any atom is -0.309 e. The van der Waals surface area contributed by atoms with Crippen molar-refractivity contribution in [3.05, 3.63) is 246 Å². The maximum Gasteiger partial charge on any atom is 0.0541 e. The molecule has 2 atom stereocenters. The Labute approximate surface area is 332 Å². The molecular formula is C56H37N. The van der Waals surface area contributed by atoms with Gasteiger partial charge in [-0.2, -0.15) is 0 Å². The van der Waals surface area contributed by atoms with Gasteiger partial charge in [0, 0.05) is 28.3 Å². The van der Waals surface area contributed by atoms with E-state index in [0.29, 0.717) is 0 Å². The molecule has 266 valence electrons. The van der Waals surface area contributed by atoms with E-state index in [1.807, 2.05) is 0 Å². The second-order valence-electron chi connectivity index (χ2n) is 15.6. The predicted molar refractivity (Wildman–Crippen MR) is 237 cm³/mol. The maximum atomic E-state index is 2.45. The number of para-hydroxylation sites is 2. The summed E-state index contributed by atoms with van der Waals surface area (Å²) in [4.78, 5) is 0.